The molecular formula is C27H31FN4O5. The van der Waals surface area contributed by atoms with Crippen LogP contribution in [0.15, 0.2) is 48.5 Å². The molecule has 0 spiro atoms. The van der Waals surface area contributed by atoms with Crippen molar-refractivity contribution in [2.45, 2.75) is 44.4 Å². The van der Waals surface area contributed by atoms with Gasteiger partial charge in [-0.05, 0) is 48.9 Å². The maximum absolute atomic E-state index is 14.6. The monoisotopic (exact) mass is 510 g/mol. The Labute approximate surface area is 214 Å². The molecule has 2 aliphatic heterocycles. The highest BCUT2D eigenvalue weighted by Crippen LogP contribution is 2.36. The average Bonchev–Trinajstić information content (AvgIpc) is 3.26. The molecule has 2 saturated heterocycles. The number of nitrogens with zero attached hydrogens (tertiary/aromatic N) is 1. The third kappa shape index (κ3) is 6.71. The Kier molecular flexibility index (Phi) is 8.50. The van der Waals surface area contributed by atoms with E-state index in [0.717, 1.165) is 5.56 Å². The first-order valence-electron chi connectivity index (χ1n) is 12.4. The molecule has 0 aromatic heterocycles. The van der Waals surface area contributed by atoms with Crippen molar-refractivity contribution in [3.63, 3.8) is 0 Å². The second-order valence-corrected chi connectivity index (χ2v) is 9.28. The number of rotatable bonds is 9. The summed E-state index contributed by atoms with van der Waals surface area (Å²) in [6.45, 7) is 2.74. The number of hydrogen-bond donors (Lipinski definition) is 3. The van der Waals surface area contributed by atoms with Crippen LogP contribution in [-0.4, -0.2) is 62.1 Å². The maximum atomic E-state index is 14.6. The van der Waals surface area contributed by atoms with Crippen molar-refractivity contribution in [3.8, 4) is 0 Å². The highest BCUT2D eigenvalue weighted by Gasteiger charge is 2.36. The fourth-order valence-corrected chi connectivity index (χ4v) is 4.67. The second kappa shape index (κ2) is 12.0. The van der Waals surface area contributed by atoms with E-state index in [-0.39, 0.29) is 56.0 Å². The summed E-state index contributed by atoms with van der Waals surface area (Å²) < 4.78 is 20.1. The fraction of sp³-hybridized carbons (Fsp3) is 0.407. The highest BCUT2D eigenvalue weighted by molar-refractivity contribution is 5.98. The Morgan fingerprint density at radius 2 is 1.86 bits per heavy atom. The number of nitrogens with one attached hydrogen (secondary N) is 3. The van der Waals surface area contributed by atoms with Crippen molar-refractivity contribution >= 4 is 35.1 Å². The molecule has 2 heterocycles. The zero-order valence-corrected chi connectivity index (χ0v) is 20.7. The maximum Gasteiger partial charge on any atom is 0.414 e. The van der Waals surface area contributed by atoms with E-state index in [0.29, 0.717) is 29.9 Å². The van der Waals surface area contributed by atoms with Crippen molar-refractivity contribution in [2.24, 2.45) is 0 Å². The number of anilines is 2. The van der Waals surface area contributed by atoms with Crippen molar-refractivity contribution in [1.82, 2.24) is 10.6 Å². The smallest absolute Gasteiger partial charge is 0.414 e. The number of ether oxygens (including phenoxy) is 1. The molecule has 2 unspecified atom stereocenters. The van der Waals surface area contributed by atoms with Crippen LogP contribution in [-0.2, 0) is 14.3 Å². The van der Waals surface area contributed by atoms with Gasteiger partial charge in [-0.15, -0.1) is 0 Å². The van der Waals surface area contributed by atoms with Gasteiger partial charge < -0.3 is 20.7 Å². The SMILES string of the molecule is CC(=O)Nc1ccc(C(=O)CCC(=O)NC[C@H]2CN(c3ccccc3C3CCNCC3F)C(=O)O2)cc1. The minimum Gasteiger partial charge on any atom is -0.442 e. The molecule has 2 aliphatic rings. The summed E-state index contributed by atoms with van der Waals surface area (Å²) in [5.74, 6) is -1.02. The Hall–Kier alpha value is -3.79. The quantitative estimate of drug-likeness (QED) is 0.446. The number of para-hydroxylation sites is 1. The van der Waals surface area contributed by atoms with Crippen molar-refractivity contribution in [2.75, 3.05) is 36.4 Å². The molecule has 0 bridgehead atoms. The van der Waals surface area contributed by atoms with Crippen LogP contribution in [0.5, 0.6) is 0 Å². The molecule has 3 atom stereocenters. The molecule has 2 fully saturated rings. The Morgan fingerprint density at radius 1 is 1.11 bits per heavy atom. The summed E-state index contributed by atoms with van der Waals surface area (Å²) in [6.07, 6.45) is -1.48. The number of carbonyl (C=O) groups excluding carboxylic acids is 4. The van der Waals surface area contributed by atoms with Crippen LogP contribution >= 0.6 is 0 Å². The van der Waals surface area contributed by atoms with E-state index < -0.39 is 18.4 Å². The Morgan fingerprint density at radius 3 is 2.59 bits per heavy atom. The largest absolute Gasteiger partial charge is 0.442 e. The van der Waals surface area contributed by atoms with Crippen LogP contribution in [0.1, 0.15) is 48.0 Å². The standard InChI is InChI=1S/C27H31FN4O5/c1-17(33)31-19-8-6-18(7-9-19)25(34)10-11-26(35)30-14-20-16-32(27(36)37-20)24-5-3-2-4-22(24)21-12-13-29-15-23(21)28/h2-9,20-21,23,29H,10-16H2,1H3,(H,30,35)(H,31,33)/t20-,21?,23?/m0/s1. The molecule has 3 N–H and O–H groups in total. The van der Waals surface area contributed by atoms with Gasteiger partial charge in [-0.3, -0.25) is 19.3 Å². The van der Waals surface area contributed by atoms with E-state index >= 15 is 0 Å². The second-order valence-electron chi connectivity index (χ2n) is 9.28. The molecule has 37 heavy (non-hydrogen) atoms. The highest BCUT2D eigenvalue weighted by atomic mass is 19.1. The van der Waals surface area contributed by atoms with Crippen molar-refractivity contribution in [3.05, 3.63) is 59.7 Å². The normalized spacial score (nSPS) is 21.3. The van der Waals surface area contributed by atoms with Crippen LogP contribution < -0.4 is 20.9 Å². The first-order chi connectivity index (χ1) is 17.8. The van der Waals surface area contributed by atoms with Gasteiger partial charge in [-0.2, -0.15) is 0 Å². The first kappa shape index (κ1) is 26.3. The Balaban J connectivity index is 1.27. The van der Waals surface area contributed by atoms with Crippen LogP contribution in [0, 0.1) is 0 Å². The lowest BCUT2D eigenvalue weighted by Gasteiger charge is -2.30. The van der Waals surface area contributed by atoms with Gasteiger partial charge in [0.25, 0.3) is 0 Å². The molecule has 2 aromatic carbocycles. The third-order valence-corrected chi connectivity index (χ3v) is 6.54. The predicted octanol–water partition coefficient (Wildman–Crippen LogP) is 3.16. The van der Waals surface area contributed by atoms with Gasteiger partial charge in [0.15, 0.2) is 5.78 Å². The lowest BCUT2D eigenvalue weighted by atomic mass is 9.87. The molecule has 0 radical (unpaired) electrons. The van der Waals surface area contributed by atoms with Crippen LogP contribution in [0.3, 0.4) is 0 Å². The van der Waals surface area contributed by atoms with Crippen molar-refractivity contribution < 1.29 is 28.3 Å². The van der Waals surface area contributed by atoms with E-state index in [2.05, 4.69) is 16.0 Å². The van der Waals surface area contributed by atoms with Gasteiger partial charge in [-0.25, -0.2) is 9.18 Å². The summed E-state index contributed by atoms with van der Waals surface area (Å²) >= 11 is 0. The molecule has 4 rings (SSSR count). The predicted molar refractivity (Wildman–Crippen MR) is 137 cm³/mol. The summed E-state index contributed by atoms with van der Waals surface area (Å²) in [4.78, 5) is 49.9. The zero-order chi connectivity index (χ0) is 26.4. The minimum atomic E-state index is -1.04. The van der Waals surface area contributed by atoms with Crippen LogP contribution in [0.4, 0.5) is 20.6 Å². The fourth-order valence-electron chi connectivity index (χ4n) is 4.67. The summed E-state index contributed by atoms with van der Waals surface area (Å²) in [6, 6.07) is 13.8. The average molecular weight is 511 g/mol. The number of alkyl halides is 1. The number of Topliss-reactive ketones (excluding diaryl/α,β-unsaturated/α-hetero) is 1. The zero-order valence-electron chi connectivity index (χ0n) is 20.7. The molecule has 2 aromatic rings. The molecule has 3 amide bonds. The Bertz CT molecular complexity index is 1160. The number of hydrogen-bond acceptors (Lipinski definition) is 6. The number of amides is 3. The number of benzene rings is 2. The van der Waals surface area contributed by atoms with Crippen molar-refractivity contribution in [1.29, 1.82) is 0 Å². The minimum absolute atomic E-state index is 0.00685. The number of piperidine rings is 1. The summed E-state index contributed by atoms with van der Waals surface area (Å²) in [7, 11) is 0. The van der Waals surface area contributed by atoms with E-state index in [9.17, 15) is 23.6 Å². The van der Waals surface area contributed by atoms with Gasteiger partial charge >= 0.3 is 6.09 Å². The molecule has 0 saturated carbocycles. The molecule has 0 aliphatic carbocycles. The molecular weight excluding hydrogens is 479 g/mol. The van der Waals surface area contributed by atoms with E-state index in [1.165, 1.54) is 11.8 Å². The van der Waals surface area contributed by atoms with Gasteiger partial charge in [-0.1, -0.05) is 18.2 Å². The summed E-state index contributed by atoms with van der Waals surface area (Å²) in [5.41, 5.74) is 2.45. The lowest BCUT2D eigenvalue weighted by Crippen LogP contribution is -2.38. The lowest BCUT2D eigenvalue weighted by molar-refractivity contribution is -0.121. The molecule has 10 heteroatoms. The summed E-state index contributed by atoms with van der Waals surface area (Å²) in [5, 5.41) is 8.40. The van der Waals surface area contributed by atoms with E-state index in [1.54, 1.807) is 36.4 Å². The number of halogens is 1. The van der Waals surface area contributed by atoms with Gasteiger partial charge in [0.05, 0.1) is 18.8 Å². The number of ketones is 1. The third-order valence-electron chi connectivity index (χ3n) is 6.54. The van der Waals surface area contributed by atoms with Crippen LogP contribution in [0.25, 0.3) is 0 Å². The number of cyclic esters (lactones) is 1. The van der Waals surface area contributed by atoms with Crippen LogP contribution in [0.2, 0.25) is 0 Å². The van der Waals surface area contributed by atoms with E-state index in [1.807, 2.05) is 12.1 Å². The topological polar surface area (TPSA) is 117 Å². The van der Waals surface area contributed by atoms with Gasteiger partial charge in [0, 0.05) is 43.5 Å². The van der Waals surface area contributed by atoms with E-state index in [4.69, 9.17) is 4.74 Å². The molecule has 196 valence electrons. The molecule has 9 nitrogen and oxygen atoms in total. The van der Waals surface area contributed by atoms with Gasteiger partial charge in [0.1, 0.15) is 12.3 Å². The number of carbonyl (C=O) groups is 4. The van der Waals surface area contributed by atoms with Gasteiger partial charge in [0.2, 0.25) is 11.8 Å². The first-order valence-corrected chi connectivity index (χ1v) is 12.4.